The molecule has 0 amide bonds. The van der Waals surface area contributed by atoms with Crippen molar-refractivity contribution in [2.45, 2.75) is 26.7 Å². The minimum atomic E-state index is 0. The Kier molecular flexibility index (Phi) is 21.2. The molecule has 0 heterocycles. The first kappa shape index (κ1) is 27.4. The summed E-state index contributed by atoms with van der Waals surface area (Å²) in [7, 11) is 0. The van der Waals surface area contributed by atoms with Crippen LogP contribution < -0.4 is 0 Å². The Hall–Kier alpha value is -0.487. The van der Waals surface area contributed by atoms with Crippen LogP contribution >= 0.6 is 24.8 Å². The second-order valence-corrected chi connectivity index (χ2v) is 5.20. The van der Waals surface area contributed by atoms with Crippen LogP contribution in [0.5, 0.6) is 0 Å². The molecule has 0 aliphatic heterocycles. The molecule has 23 heavy (non-hydrogen) atoms. The van der Waals surface area contributed by atoms with E-state index in [1.165, 1.54) is 40.9 Å². The van der Waals surface area contributed by atoms with Crippen molar-refractivity contribution in [3.63, 3.8) is 0 Å². The molecule has 0 unspecified atom stereocenters. The van der Waals surface area contributed by atoms with Gasteiger partial charge >= 0.3 is 63.8 Å². The van der Waals surface area contributed by atoms with E-state index < -0.39 is 0 Å². The first-order chi connectivity index (χ1) is 9.72. The van der Waals surface area contributed by atoms with Gasteiger partial charge in [0, 0.05) is 0 Å². The number of hydrogen-bond acceptors (Lipinski definition) is 0. The van der Waals surface area contributed by atoms with Crippen LogP contribution in [0.1, 0.15) is 32.3 Å². The molecule has 0 atom stereocenters. The monoisotopic (exact) mass is 425 g/mol. The van der Waals surface area contributed by atoms with Gasteiger partial charge in [0.05, 0.1) is 0 Å². The van der Waals surface area contributed by atoms with Gasteiger partial charge < -0.3 is 7.43 Å². The van der Waals surface area contributed by atoms with E-state index in [1.54, 1.807) is 0 Å². The van der Waals surface area contributed by atoms with Gasteiger partial charge in [0.2, 0.25) is 0 Å². The second kappa shape index (κ2) is 17.9. The van der Waals surface area contributed by atoms with Crippen molar-refractivity contribution >= 4 is 28.5 Å². The first-order valence-corrected chi connectivity index (χ1v) is 8.17. The van der Waals surface area contributed by atoms with E-state index in [4.69, 9.17) is 0 Å². The van der Waals surface area contributed by atoms with Crippen LogP contribution in [-0.2, 0) is 24.2 Å². The van der Waals surface area contributed by atoms with Crippen molar-refractivity contribution in [1.29, 1.82) is 0 Å². The van der Waals surface area contributed by atoms with E-state index in [1.807, 2.05) is 6.07 Å². The van der Waals surface area contributed by atoms with E-state index in [-0.39, 0.29) is 32.2 Å². The zero-order valence-corrected chi connectivity index (χ0v) is 18.1. The summed E-state index contributed by atoms with van der Waals surface area (Å²) in [6.07, 6.45) is 16.7. The predicted molar refractivity (Wildman–Crippen MR) is 105 cm³/mol. The average molecular weight is 428 g/mol. The van der Waals surface area contributed by atoms with Crippen LogP contribution in [0.3, 0.4) is 0 Å². The van der Waals surface area contributed by atoms with E-state index >= 15 is 0 Å². The fraction of sp³-hybridized carbons (Fsp3) is 0.200. The molecule has 0 radical (unpaired) electrons. The van der Waals surface area contributed by atoms with Gasteiger partial charge in [-0.3, -0.25) is 12.2 Å². The molecular weight excluding hydrogens is 402 g/mol. The Morgan fingerprint density at radius 3 is 1.48 bits per heavy atom. The normalized spacial score (nSPS) is 12.6. The fourth-order valence-corrected chi connectivity index (χ4v) is 2.05. The summed E-state index contributed by atoms with van der Waals surface area (Å²) in [5.74, 6) is 0. The number of benzene rings is 1. The van der Waals surface area contributed by atoms with E-state index in [0.717, 1.165) is 12.8 Å². The van der Waals surface area contributed by atoms with E-state index in [9.17, 15) is 0 Å². The molecule has 0 saturated heterocycles. The summed E-state index contributed by atoms with van der Waals surface area (Å²) in [5.41, 5.74) is 3.87. The summed E-state index contributed by atoms with van der Waals surface area (Å²) in [6, 6.07) is 10.3. The van der Waals surface area contributed by atoms with Gasteiger partial charge in [-0.1, -0.05) is 13.8 Å². The summed E-state index contributed by atoms with van der Waals surface area (Å²) in [4.78, 5) is 0. The van der Waals surface area contributed by atoms with Gasteiger partial charge in [-0.05, 0) is 0 Å². The summed E-state index contributed by atoms with van der Waals surface area (Å²) >= 11 is 1.46. The van der Waals surface area contributed by atoms with Gasteiger partial charge in [0.15, 0.2) is 0 Å². The van der Waals surface area contributed by atoms with Crippen LogP contribution in [0.25, 0.3) is 0 Å². The van der Waals surface area contributed by atoms with Gasteiger partial charge in [-0.2, -0.15) is 12.2 Å². The molecule has 1 aromatic rings. The van der Waals surface area contributed by atoms with Crippen molar-refractivity contribution in [2.75, 3.05) is 0 Å². The average Bonchev–Trinajstić information content (AvgIpc) is 3.15. The van der Waals surface area contributed by atoms with Gasteiger partial charge in [0.1, 0.15) is 0 Å². The van der Waals surface area contributed by atoms with Gasteiger partial charge in [-0.15, -0.1) is 37.7 Å². The molecule has 3 rings (SSSR count). The molecule has 0 N–H and O–H groups in total. The van der Waals surface area contributed by atoms with Crippen molar-refractivity contribution in [1.82, 2.24) is 0 Å². The fourth-order valence-electron chi connectivity index (χ4n) is 1.58. The van der Waals surface area contributed by atoms with Crippen molar-refractivity contribution in [2.24, 2.45) is 0 Å². The molecular formula is C20H25Cl2Zr-3. The number of allylic oxidation sites excluding steroid dienone is 8. The van der Waals surface area contributed by atoms with E-state index in [2.05, 4.69) is 78.3 Å². The van der Waals surface area contributed by atoms with Crippen LogP contribution in [-0.4, -0.2) is 3.71 Å². The predicted octanol–water partition coefficient (Wildman–Crippen LogP) is 6.07. The third-order valence-electron chi connectivity index (χ3n) is 2.70. The Morgan fingerprint density at radius 1 is 0.870 bits per heavy atom. The molecule has 1 aromatic carbocycles. The molecule has 3 heteroatoms. The zero-order valence-electron chi connectivity index (χ0n) is 14.0. The summed E-state index contributed by atoms with van der Waals surface area (Å²) in [6.45, 7) is 4.12. The molecule has 0 saturated carbocycles. The van der Waals surface area contributed by atoms with Crippen LogP contribution in [0, 0.1) is 19.6 Å². The number of halogens is 2. The van der Waals surface area contributed by atoms with Crippen molar-refractivity contribution in [3.05, 3.63) is 90.9 Å². The molecule has 0 spiro atoms. The Balaban J connectivity index is -0.000000248. The van der Waals surface area contributed by atoms with Crippen LogP contribution in [0.2, 0.25) is 0 Å². The molecule has 2 aliphatic rings. The Labute approximate surface area is 169 Å². The molecule has 2 aliphatic carbocycles. The maximum absolute atomic E-state index is 3.12. The first-order valence-electron chi connectivity index (χ1n) is 6.76. The quantitative estimate of drug-likeness (QED) is 0.477. The Bertz CT molecular complexity index is 492. The van der Waals surface area contributed by atoms with E-state index in [0.29, 0.717) is 0 Å². The molecule has 0 bridgehead atoms. The van der Waals surface area contributed by atoms with Crippen molar-refractivity contribution < 1.29 is 24.2 Å². The van der Waals surface area contributed by atoms with Crippen LogP contribution in [0.15, 0.2) is 65.8 Å². The molecule has 0 aromatic heterocycles. The SMILES string of the molecule is CC1=[C-]CC=C1.CC1=[C-]CC=C1.Cl.Cl.[CH3-].[Zr]=[CH]c1ccccc1. The molecule has 0 nitrogen and oxygen atoms in total. The zero-order chi connectivity index (χ0) is 14.6. The minimum absolute atomic E-state index is 0. The molecule has 0 fully saturated rings. The summed E-state index contributed by atoms with van der Waals surface area (Å²) < 4.78 is 2.17. The van der Waals surface area contributed by atoms with Gasteiger partial charge in [0.25, 0.3) is 0 Å². The second-order valence-electron chi connectivity index (χ2n) is 4.49. The topological polar surface area (TPSA) is 0 Å². The third kappa shape index (κ3) is 14.8. The number of hydrogen-bond donors (Lipinski definition) is 0. The standard InChI is InChI=1S/C7H6.2C6H7.CH3.2ClH.Zr/c1-7-5-3-2-4-6-7;2*1-6-4-2-3-5-6;;;;/h1-6H;2*2,4H,3H2,1H3;1H3;2*1H;/q;3*-1;;;. The molecule has 126 valence electrons. The maximum atomic E-state index is 3.12. The summed E-state index contributed by atoms with van der Waals surface area (Å²) in [5, 5.41) is 0. The van der Waals surface area contributed by atoms with Crippen LogP contribution in [0.4, 0.5) is 0 Å². The third-order valence-corrected chi connectivity index (χ3v) is 3.52. The van der Waals surface area contributed by atoms with Gasteiger partial charge in [-0.25, -0.2) is 23.3 Å². The van der Waals surface area contributed by atoms with Crippen molar-refractivity contribution in [3.8, 4) is 0 Å². The number of rotatable bonds is 1. The Morgan fingerprint density at radius 2 is 1.30 bits per heavy atom.